The number of carbonyl (C=O) groups is 1. The van der Waals surface area contributed by atoms with Crippen LogP contribution < -0.4 is 11.1 Å². The number of aliphatic hydroxyl groups excluding tert-OH is 1. The second-order valence-corrected chi connectivity index (χ2v) is 6.43. The molecule has 2 aliphatic carbocycles. The van der Waals surface area contributed by atoms with E-state index in [1.165, 1.54) is 6.42 Å². The first-order valence-electron chi connectivity index (χ1n) is 7.19. The van der Waals surface area contributed by atoms with Crippen molar-refractivity contribution in [1.82, 2.24) is 5.32 Å². The van der Waals surface area contributed by atoms with E-state index in [1.807, 2.05) is 0 Å². The van der Waals surface area contributed by atoms with Gasteiger partial charge in [-0.3, -0.25) is 4.79 Å². The van der Waals surface area contributed by atoms with E-state index in [4.69, 9.17) is 5.73 Å². The quantitative estimate of drug-likeness (QED) is 0.705. The fraction of sp³-hybridized carbons (Fsp3) is 0.929. The number of rotatable bonds is 4. The van der Waals surface area contributed by atoms with E-state index in [-0.39, 0.29) is 17.9 Å². The Kier molecular flexibility index (Phi) is 3.97. The van der Waals surface area contributed by atoms with Gasteiger partial charge in [-0.1, -0.05) is 26.2 Å². The lowest BCUT2D eigenvalue weighted by atomic mass is 9.67. The van der Waals surface area contributed by atoms with Crippen LogP contribution in [0.5, 0.6) is 0 Å². The summed E-state index contributed by atoms with van der Waals surface area (Å²) in [5.41, 5.74) is 5.02. The van der Waals surface area contributed by atoms with Gasteiger partial charge in [0.05, 0.1) is 17.6 Å². The third-order valence-electron chi connectivity index (χ3n) is 4.96. The largest absolute Gasteiger partial charge is 0.394 e. The molecule has 2 rings (SSSR count). The number of hydrogen-bond donors (Lipinski definition) is 3. The van der Waals surface area contributed by atoms with Crippen LogP contribution >= 0.6 is 0 Å². The van der Waals surface area contributed by atoms with Crippen LogP contribution in [-0.2, 0) is 4.79 Å². The van der Waals surface area contributed by atoms with E-state index in [1.54, 1.807) is 0 Å². The van der Waals surface area contributed by atoms with Gasteiger partial charge in [0, 0.05) is 6.54 Å². The summed E-state index contributed by atoms with van der Waals surface area (Å²) in [4.78, 5) is 12.4. The average molecular weight is 254 g/mol. The maximum absolute atomic E-state index is 12.4. The molecule has 0 aliphatic heterocycles. The molecule has 4 N–H and O–H groups in total. The standard InChI is InChI=1S/C14H26N2O2/c1-11-4-2-7-14(8-11,10-17)16-12(18)13(9-15)5-3-6-13/h11,17H,2-10,15H2,1H3,(H,16,18). The Morgan fingerprint density at radius 1 is 1.39 bits per heavy atom. The van der Waals surface area contributed by atoms with Gasteiger partial charge in [0.1, 0.15) is 0 Å². The molecule has 0 aromatic carbocycles. The van der Waals surface area contributed by atoms with Crippen molar-refractivity contribution in [3.05, 3.63) is 0 Å². The summed E-state index contributed by atoms with van der Waals surface area (Å²) >= 11 is 0. The van der Waals surface area contributed by atoms with E-state index in [9.17, 15) is 9.90 Å². The zero-order chi connectivity index (χ0) is 13.2. The molecule has 4 heteroatoms. The third-order valence-corrected chi connectivity index (χ3v) is 4.96. The molecule has 0 spiro atoms. The van der Waals surface area contributed by atoms with Crippen molar-refractivity contribution in [2.75, 3.05) is 13.2 Å². The zero-order valence-corrected chi connectivity index (χ0v) is 11.4. The summed E-state index contributed by atoms with van der Waals surface area (Å²) in [6.45, 7) is 2.66. The molecule has 1 amide bonds. The van der Waals surface area contributed by atoms with Gasteiger partial charge in [0.2, 0.25) is 5.91 Å². The molecule has 0 heterocycles. The van der Waals surface area contributed by atoms with E-state index in [0.29, 0.717) is 12.5 Å². The summed E-state index contributed by atoms with van der Waals surface area (Å²) in [6.07, 6.45) is 6.93. The van der Waals surface area contributed by atoms with Crippen molar-refractivity contribution in [3.8, 4) is 0 Å². The first-order valence-corrected chi connectivity index (χ1v) is 7.19. The van der Waals surface area contributed by atoms with Crippen LogP contribution in [0.2, 0.25) is 0 Å². The van der Waals surface area contributed by atoms with Gasteiger partial charge < -0.3 is 16.2 Å². The normalized spacial score (nSPS) is 34.7. The molecule has 104 valence electrons. The van der Waals surface area contributed by atoms with E-state index in [0.717, 1.165) is 38.5 Å². The van der Waals surface area contributed by atoms with Crippen LogP contribution in [0, 0.1) is 11.3 Å². The highest BCUT2D eigenvalue weighted by molar-refractivity contribution is 5.84. The fourth-order valence-electron chi connectivity index (χ4n) is 3.46. The van der Waals surface area contributed by atoms with Gasteiger partial charge in [-0.2, -0.15) is 0 Å². The van der Waals surface area contributed by atoms with Crippen LogP contribution in [0.3, 0.4) is 0 Å². The molecule has 2 atom stereocenters. The third kappa shape index (κ3) is 2.41. The zero-order valence-electron chi connectivity index (χ0n) is 11.4. The van der Waals surface area contributed by atoms with Crippen molar-refractivity contribution < 1.29 is 9.90 Å². The van der Waals surface area contributed by atoms with Crippen molar-refractivity contribution in [1.29, 1.82) is 0 Å². The molecule has 2 unspecified atom stereocenters. The number of hydrogen-bond acceptors (Lipinski definition) is 3. The van der Waals surface area contributed by atoms with Gasteiger partial charge in [-0.25, -0.2) is 0 Å². The van der Waals surface area contributed by atoms with E-state index in [2.05, 4.69) is 12.2 Å². The first kappa shape index (κ1) is 13.8. The lowest BCUT2D eigenvalue weighted by Crippen LogP contribution is -2.60. The summed E-state index contributed by atoms with van der Waals surface area (Å²) < 4.78 is 0. The summed E-state index contributed by atoms with van der Waals surface area (Å²) in [7, 11) is 0. The van der Waals surface area contributed by atoms with E-state index >= 15 is 0 Å². The van der Waals surface area contributed by atoms with Crippen LogP contribution in [0.4, 0.5) is 0 Å². The second kappa shape index (κ2) is 5.17. The summed E-state index contributed by atoms with van der Waals surface area (Å²) in [5, 5.41) is 12.8. The minimum absolute atomic E-state index is 0.0454. The molecule has 0 aromatic rings. The maximum atomic E-state index is 12.4. The minimum atomic E-state index is -0.396. The molecule has 4 nitrogen and oxygen atoms in total. The highest BCUT2D eigenvalue weighted by Crippen LogP contribution is 2.41. The monoisotopic (exact) mass is 254 g/mol. The van der Waals surface area contributed by atoms with Gasteiger partial charge >= 0.3 is 0 Å². The fourth-order valence-corrected chi connectivity index (χ4v) is 3.46. The molecular weight excluding hydrogens is 228 g/mol. The van der Waals surface area contributed by atoms with Crippen LogP contribution in [-0.4, -0.2) is 29.7 Å². The second-order valence-electron chi connectivity index (χ2n) is 6.43. The van der Waals surface area contributed by atoms with Gasteiger partial charge in [-0.15, -0.1) is 0 Å². The van der Waals surface area contributed by atoms with Crippen LogP contribution in [0.1, 0.15) is 51.9 Å². The molecule has 0 radical (unpaired) electrons. The lowest BCUT2D eigenvalue weighted by molar-refractivity contribution is -0.138. The highest BCUT2D eigenvalue weighted by Gasteiger charge is 2.46. The number of aliphatic hydroxyl groups is 1. The Balaban J connectivity index is 2.03. The average Bonchev–Trinajstić information content (AvgIpc) is 2.28. The predicted molar refractivity (Wildman–Crippen MR) is 70.9 cm³/mol. The van der Waals surface area contributed by atoms with Gasteiger partial charge in [0.15, 0.2) is 0 Å². The molecule has 0 aromatic heterocycles. The van der Waals surface area contributed by atoms with Crippen molar-refractivity contribution >= 4 is 5.91 Å². The number of amides is 1. The molecule has 0 saturated heterocycles. The summed E-state index contributed by atoms with van der Waals surface area (Å²) in [6, 6.07) is 0. The van der Waals surface area contributed by atoms with Crippen molar-refractivity contribution in [2.24, 2.45) is 17.1 Å². The summed E-state index contributed by atoms with van der Waals surface area (Å²) in [5.74, 6) is 0.640. The van der Waals surface area contributed by atoms with Gasteiger partial charge in [0.25, 0.3) is 0 Å². The van der Waals surface area contributed by atoms with Crippen molar-refractivity contribution in [3.63, 3.8) is 0 Å². The number of carbonyl (C=O) groups excluding carboxylic acids is 1. The lowest BCUT2D eigenvalue weighted by Gasteiger charge is -2.45. The topological polar surface area (TPSA) is 75.3 Å². The molecule has 2 fully saturated rings. The Morgan fingerprint density at radius 2 is 2.11 bits per heavy atom. The smallest absolute Gasteiger partial charge is 0.228 e. The Bertz CT molecular complexity index is 309. The molecule has 18 heavy (non-hydrogen) atoms. The highest BCUT2D eigenvalue weighted by atomic mass is 16.3. The predicted octanol–water partition coefficient (Wildman–Crippen LogP) is 1.17. The first-order chi connectivity index (χ1) is 8.56. The molecule has 0 bridgehead atoms. The van der Waals surface area contributed by atoms with Gasteiger partial charge in [-0.05, 0) is 31.6 Å². The number of nitrogens with one attached hydrogen (secondary N) is 1. The molecule has 2 saturated carbocycles. The molecule has 2 aliphatic rings. The minimum Gasteiger partial charge on any atom is -0.394 e. The van der Waals surface area contributed by atoms with E-state index < -0.39 is 5.54 Å². The van der Waals surface area contributed by atoms with Crippen LogP contribution in [0.25, 0.3) is 0 Å². The SMILES string of the molecule is CC1CCCC(CO)(NC(=O)C2(CN)CCC2)C1. The van der Waals surface area contributed by atoms with Crippen molar-refractivity contribution in [2.45, 2.75) is 57.4 Å². The molecular formula is C14H26N2O2. The Hall–Kier alpha value is -0.610. The van der Waals surface area contributed by atoms with Crippen LogP contribution in [0.15, 0.2) is 0 Å². The number of nitrogens with two attached hydrogens (primary N) is 1. The maximum Gasteiger partial charge on any atom is 0.228 e. The Morgan fingerprint density at radius 3 is 2.56 bits per heavy atom. The Labute approximate surface area is 109 Å².